The molecule has 1 N–H and O–H groups in total. The maximum Gasteiger partial charge on any atom is 0.255 e. The highest BCUT2D eigenvalue weighted by Gasteiger charge is 2.10. The molecule has 4 heteroatoms. The van der Waals surface area contributed by atoms with Gasteiger partial charge in [0.1, 0.15) is 0 Å². The molecule has 0 heterocycles. The lowest BCUT2D eigenvalue weighted by Gasteiger charge is -2.10. The lowest BCUT2D eigenvalue weighted by molar-refractivity contribution is 0.102. The molecular formula is C27H19N3O. The van der Waals surface area contributed by atoms with Crippen LogP contribution >= 0.6 is 0 Å². The van der Waals surface area contributed by atoms with Gasteiger partial charge in [0.25, 0.3) is 5.91 Å². The first-order valence-corrected chi connectivity index (χ1v) is 10.1. The first-order chi connectivity index (χ1) is 15.3. The van der Waals surface area contributed by atoms with Crippen LogP contribution in [0.25, 0.3) is 21.5 Å². The van der Waals surface area contributed by atoms with Crippen molar-refractivity contribution in [2.45, 2.75) is 0 Å². The summed E-state index contributed by atoms with van der Waals surface area (Å²) >= 11 is 0. The van der Waals surface area contributed by atoms with E-state index in [1.54, 1.807) is 12.1 Å². The van der Waals surface area contributed by atoms with E-state index in [9.17, 15) is 4.79 Å². The fraction of sp³-hybridized carbons (Fsp3) is 0. The van der Waals surface area contributed by atoms with Gasteiger partial charge in [0.2, 0.25) is 0 Å². The Balaban J connectivity index is 1.48. The van der Waals surface area contributed by atoms with Crippen LogP contribution in [-0.2, 0) is 0 Å². The lowest BCUT2D eigenvalue weighted by Crippen LogP contribution is -2.11. The van der Waals surface area contributed by atoms with Crippen molar-refractivity contribution < 1.29 is 4.79 Å². The van der Waals surface area contributed by atoms with Gasteiger partial charge < -0.3 is 5.32 Å². The summed E-state index contributed by atoms with van der Waals surface area (Å²) in [7, 11) is 0. The Labute approximate surface area is 179 Å². The van der Waals surface area contributed by atoms with Crippen LogP contribution < -0.4 is 5.32 Å². The highest BCUT2D eigenvalue weighted by atomic mass is 16.1. The number of carbonyl (C=O) groups is 1. The third-order valence-corrected chi connectivity index (χ3v) is 5.19. The first kappa shape index (κ1) is 18.7. The predicted molar refractivity (Wildman–Crippen MR) is 126 cm³/mol. The monoisotopic (exact) mass is 401 g/mol. The van der Waals surface area contributed by atoms with E-state index in [0.29, 0.717) is 5.56 Å². The summed E-state index contributed by atoms with van der Waals surface area (Å²) in [5.74, 6) is -0.142. The fourth-order valence-electron chi connectivity index (χ4n) is 3.61. The van der Waals surface area contributed by atoms with Crippen molar-refractivity contribution in [3.05, 3.63) is 115 Å². The molecule has 0 saturated heterocycles. The molecule has 31 heavy (non-hydrogen) atoms. The van der Waals surface area contributed by atoms with E-state index in [4.69, 9.17) is 0 Å². The Morgan fingerprint density at radius 1 is 0.613 bits per heavy atom. The molecule has 0 aliphatic heterocycles. The van der Waals surface area contributed by atoms with E-state index in [2.05, 4.69) is 27.7 Å². The Bertz CT molecular complexity index is 1420. The summed E-state index contributed by atoms with van der Waals surface area (Å²) in [4.78, 5) is 12.6. The second kappa shape index (κ2) is 8.20. The first-order valence-electron chi connectivity index (χ1n) is 10.1. The number of nitrogens with zero attached hydrogens (tertiary/aromatic N) is 2. The molecule has 0 unspecified atom stereocenters. The summed E-state index contributed by atoms with van der Waals surface area (Å²) in [5.41, 5.74) is 2.91. The van der Waals surface area contributed by atoms with Crippen molar-refractivity contribution >= 4 is 44.5 Å². The van der Waals surface area contributed by atoms with Gasteiger partial charge in [0.05, 0.1) is 11.4 Å². The Hall–Kier alpha value is -4.31. The van der Waals surface area contributed by atoms with Gasteiger partial charge in [0, 0.05) is 22.0 Å². The maximum absolute atomic E-state index is 12.6. The second-order valence-corrected chi connectivity index (χ2v) is 7.23. The van der Waals surface area contributed by atoms with Crippen LogP contribution in [0, 0.1) is 0 Å². The number of carbonyl (C=O) groups excluding carboxylic acids is 1. The van der Waals surface area contributed by atoms with Crippen molar-refractivity contribution in [3.8, 4) is 0 Å². The molecule has 148 valence electrons. The molecule has 0 atom stereocenters. The number of nitrogens with one attached hydrogen (secondary N) is 1. The normalized spacial score (nSPS) is 11.2. The number of hydrogen-bond donors (Lipinski definition) is 1. The molecule has 5 rings (SSSR count). The van der Waals surface area contributed by atoms with Gasteiger partial charge in [-0.05, 0) is 47.2 Å². The van der Waals surface area contributed by atoms with Crippen LogP contribution in [0.4, 0.5) is 17.1 Å². The summed E-state index contributed by atoms with van der Waals surface area (Å²) in [6.45, 7) is 0. The van der Waals surface area contributed by atoms with Crippen LogP contribution in [0.5, 0.6) is 0 Å². The lowest BCUT2D eigenvalue weighted by atomic mass is 10.1. The molecule has 0 bridgehead atoms. The zero-order valence-electron chi connectivity index (χ0n) is 16.7. The Kier molecular flexibility index (Phi) is 4.95. The number of amides is 1. The maximum atomic E-state index is 12.6. The van der Waals surface area contributed by atoms with Gasteiger partial charge in [-0.1, -0.05) is 72.8 Å². The number of benzene rings is 5. The van der Waals surface area contributed by atoms with Crippen molar-refractivity contribution in [2.24, 2.45) is 10.2 Å². The SMILES string of the molecule is O=C(Nc1ccc(/N=N/c2ccc3ccccc3c2)c2ccccc12)c1ccccc1. The number of rotatable bonds is 4. The summed E-state index contributed by atoms with van der Waals surface area (Å²) in [5, 5.41) is 16.1. The van der Waals surface area contributed by atoms with Gasteiger partial charge in [-0.15, -0.1) is 5.11 Å². The highest BCUT2D eigenvalue weighted by molar-refractivity contribution is 6.10. The second-order valence-electron chi connectivity index (χ2n) is 7.23. The van der Waals surface area contributed by atoms with Crippen molar-refractivity contribution in [1.29, 1.82) is 0 Å². The average molecular weight is 401 g/mol. The van der Waals surface area contributed by atoms with E-state index >= 15 is 0 Å². The minimum Gasteiger partial charge on any atom is -0.321 e. The van der Waals surface area contributed by atoms with Crippen molar-refractivity contribution in [1.82, 2.24) is 0 Å². The van der Waals surface area contributed by atoms with Crippen LogP contribution in [-0.4, -0.2) is 5.91 Å². The molecule has 5 aromatic carbocycles. The smallest absolute Gasteiger partial charge is 0.255 e. The van der Waals surface area contributed by atoms with Gasteiger partial charge >= 0.3 is 0 Å². The van der Waals surface area contributed by atoms with Crippen LogP contribution in [0.2, 0.25) is 0 Å². The molecule has 0 aliphatic carbocycles. The van der Waals surface area contributed by atoms with E-state index < -0.39 is 0 Å². The van der Waals surface area contributed by atoms with Crippen molar-refractivity contribution in [2.75, 3.05) is 5.32 Å². The Morgan fingerprint density at radius 2 is 1.32 bits per heavy atom. The van der Waals surface area contributed by atoms with Crippen molar-refractivity contribution in [3.63, 3.8) is 0 Å². The highest BCUT2D eigenvalue weighted by Crippen LogP contribution is 2.33. The molecule has 0 radical (unpaired) electrons. The van der Waals surface area contributed by atoms with Gasteiger partial charge in [-0.25, -0.2) is 0 Å². The molecule has 0 saturated carbocycles. The standard InChI is InChI=1S/C27H19N3O/c31-27(20-9-2-1-3-10-20)28-25-16-17-26(24-13-7-6-12-23(24)25)30-29-22-15-14-19-8-4-5-11-21(19)18-22/h1-18H,(H,28,31)/b30-29+. The summed E-state index contributed by atoms with van der Waals surface area (Å²) in [6, 6.07) is 35.0. The van der Waals surface area contributed by atoms with Crippen LogP contribution in [0.15, 0.2) is 119 Å². The molecule has 5 aromatic rings. The van der Waals surface area contributed by atoms with E-state index in [1.807, 2.05) is 84.9 Å². The summed E-state index contributed by atoms with van der Waals surface area (Å²) in [6.07, 6.45) is 0. The quantitative estimate of drug-likeness (QED) is 0.309. The van der Waals surface area contributed by atoms with E-state index in [1.165, 1.54) is 5.39 Å². The largest absolute Gasteiger partial charge is 0.321 e. The van der Waals surface area contributed by atoms with Gasteiger partial charge in [-0.3, -0.25) is 4.79 Å². The number of anilines is 1. The van der Waals surface area contributed by atoms with Crippen LogP contribution in [0.3, 0.4) is 0 Å². The summed E-state index contributed by atoms with van der Waals surface area (Å²) < 4.78 is 0. The zero-order chi connectivity index (χ0) is 21.0. The van der Waals surface area contributed by atoms with E-state index in [0.717, 1.165) is 33.2 Å². The molecule has 0 fully saturated rings. The third-order valence-electron chi connectivity index (χ3n) is 5.19. The predicted octanol–water partition coefficient (Wildman–Crippen LogP) is 7.66. The number of azo groups is 1. The zero-order valence-corrected chi connectivity index (χ0v) is 16.7. The minimum absolute atomic E-state index is 0.142. The van der Waals surface area contributed by atoms with Gasteiger partial charge in [-0.2, -0.15) is 5.11 Å². The molecule has 0 aliphatic rings. The third kappa shape index (κ3) is 3.91. The van der Waals surface area contributed by atoms with E-state index in [-0.39, 0.29) is 5.91 Å². The minimum atomic E-state index is -0.142. The fourth-order valence-corrected chi connectivity index (χ4v) is 3.61. The Morgan fingerprint density at radius 3 is 2.16 bits per heavy atom. The molecule has 1 amide bonds. The molecular weight excluding hydrogens is 382 g/mol. The van der Waals surface area contributed by atoms with Crippen LogP contribution in [0.1, 0.15) is 10.4 Å². The van der Waals surface area contributed by atoms with Gasteiger partial charge in [0.15, 0.2) is 0 Å². The molecule has 0 aromatic heterocycles. The number of hydrogen-bond acceptors (Lipinski definition) is 3. The average Bonchev–Trinajstić information content (AvgIpc) is 2.84. The number of fused-ring (bicyclic) bond motifs is 2. The molecule has 0 spiro atoms. The molecule has 4 nitrogen and oxygen atoms in total. The topological polar surface area (TPSA) is 53.8 Å².